The molecule has 1 saturated heterocycles. The molecular weight excluding hydrogens is 490 g/mol. The van der Waals surface area contributed by atoms with Crippen molar-refractivity contribution in [3.8, 4) is 16.8 Å². The average molecular weight is 527 g/mol. The second-order valence-electron chi connectivity index (χ2n) is 10.0. The Bertz CT molecular complexity index is 1220. The summed E-state index contributed by atoms with van der Waals surface area (Å²) in [5.74, 6) is -0.230. The number of aliphatic hydroxyl groups excluding tert-OH is 1. The van der Waals surface area contributed by atoms with Crippen molar-refractivity contribution in [1.29, 1.82) is 0 Å². The van der Waals surface area contributed by atoms with Crippen LogP contribution in [0.1, 0.15) is 36.8 Å². The van der Waals surface area contributed by atoms with Gasteiger partial charge in [-0.15, -0.1) is 0 Å². The highest BCUT2D eigenvalue weighted by Crippen LogP contribution is 2.26. The first kappa shape index (κ1) is 27.7. The van der Waals surface area contributed by atoms with E-state index >= 15 is 0 Å². The number of aromatic nitrogens is 3. The van der Waals surface area contributed by atoms with Crippen LogP contribution in [0.3, 0.4) is 0 Å². The van der Waals surface area contributed by atoms with Gasteiger partial charge in [0.25, 0.3) is 0 Å². The lowest BCUT2D eigenvalue weighted by molar-refractivity contribution is -0.109. The van der Waals surface area contributed by atoms with Crippen LogP contribution < -0.4 is 10.6 Å². The third kappa shape index (κ3) is 7.35. The molecule has 3 aromatic rings. The van der Waals surface area contributed by atoms with Gasteiger partial charge < -0.3 is 20.6 Å². The van der Waals surface area contributed by atoms with E-state index in [0.717, 1.165) is 47.6 Å². The largest absolute Gasteiger partial charge is 0.396 e. The summed E-state index contributed by atoms with van der Waals surface area (Å²) in [6.45, 7) is 5.61. The minimum Gasteiger partial charge on any atom is -0.396 e. The summed E-state index contributed by atoms with van der Waals surface area (Å²) < 4.78 is 30.2. The lowest BCUT2D eigenvalue weighted by Crippen LogP contribution is -2.48. The van der Waals surface area contributed by atoms with Gasteiger partial charge in [0.1, 0.15) is 12.0 Å². The van der Waals surface area contributed by atoms with E-state index in [1.807, 2.05) is 19.2 Å². The number of piperidine rings is 1. The van der Waals surface area contributed by atoms with E-state index in [9.17, 15) is 13.6 Å². The first-order valence-corrected chi connectivity index (χ1v) is 13.1. The molecule has 2 unspecified atom stereocenters. The Morgan fingerprint density at radius 1 is 1.11 bits per heavy atom. The number of amides is 1. The van der Waals surface area contributed by atoms with E-state index in [4.69, 9.17) is 5.11 Å². The lowest BCUT2D eigenvalue weighted by atomic mass is 10.0. The Kier molecular flexibility index (Phi) is 9.41. The van der Waals surface area contributed by atoms with Crippen LogP contribution in [0.25, 0.3) is 16.8 Å². The van der Waals surface area contributed by atoms with Gasteiger partial charge in [-0.25, -0.2) is 13.5 Å². The van der Waals surface area contributed by atoms with E-state index in [1.54, 1.807) is 36.3 Å². The lowest BCUT2D eigenvalue weighted by Gasteiger charge is -2.35. The van der Waals surface area contributed by atoms with Crippen molar-refractivity contribution in [3.63, 3.8) is 0 Å². The molecule has 3 heterocycles. The molecule has 2 atom stereocenters. The summed E-state index contributed by atoms with van der Waals surface area (Å²) in [6.07, 6.45) is 10.6. The number of nitrogens with one attached hydrogen (secondary N) is 2. The molecule has 1 amide bonds. The molecule has 38 heavy (non-hydrogen) atoms. The smallest absolute Gasteiger partial charge is 0.207 e. The van der Waals surface area contributed by atoms with Crippen LogP contribution in [0.4, 0.5) is 14.5 Å². The molecule has 204 valence electrons. The molecule has 1 aromatic carbocycles. The van der Waals surface area contributed by atoms with Crippen molar-refractivity contribution < 1.29 is 18.7 Å². The van der Waals surface area contributed by atoms with Crippen molar-refractivity contribution >= 4 is 12.1 Å². The predicted octanol–water partition coefficient (Wildman–Crippen LogP) is 3.79. The molecule has 1 aliphatic heterocycles. The summed E-state index contributed by atoms with van der Waals surface area (Å²) in [7, 11) is 0. The zero-order valence-electron chi connectivity index (χ0n) is 21.9. The first-order valence-electron chi connectivity index (χ1n) is 13.1. The van der Waals surface area contributed by atoms with Gasteiger partial charge in [-0.2, -0.15) is 5.10 Å². The van der Waals surface area contributed by atoms with Crippen molar-refractivity contribution in [3.05, 3.63) is 59.9 Å². The molecule has 3 N–H and O–H groups in total. The summed E-state index contributed by atoms with van der Waals surface area (Å²) in [4.78, 5) is 15.9. The van der Waals surface area contributed by atoms with Gasteiger partial charge in [0.15, 0.2) is 0 Å². The van der Waals surface area contributed by atoms with Crippen LogP contribution in [0.2, 0.25) is 0 Å². The van der Waals surface area contributed by atoms with Gasteiger partial charge in [0.2, 0.25) is 6.41 Å². The average Bonchev–Trinajstić information content (AvgIpc) is 3.59. The molecule has 2 aliphatic rings. The number of benzene rings is 1. The third-order valence-corrected chi connectivity index (χ3v) is 6.87. The number of aryl methyl sites for hydroxylation is 2. The molecule has 10 heteroatoms. The summed E-state index contributed by atoms with van der Waals surface area (Å²) in [5.41, 5.74) is 4.70. The fourth-order valence-corrected chi connectivity index (χ4v) is 4.48. The van der Waals surface area contributed by atoms with Crippen molar-refractivity contribution in [2.75, 3.05) is 31.6 Å². The van der Waals surface area contributed by atoms with Crippen molar-refractivity contribution in [2.45, 2.75) is 57.8 Å². The number of rotatable bonds is 9. The van der Waals surface area contributed by atoms with E-state index in [-0.39, 0.29) is 18.5 Å². The van der Waals surface area contributed by atoms with Crippen LogP contribution in [-0.2, 0) is 4.79 Å². The minimum atomic E-state index is -0.987. The van der Waals surface area contributed by atoms with Gasteiger partial charge >= 0.3 is 0 Å². The zero-order valence-corrected chi connectivity index (χ0v) is 21.9. The maximum Gasteiger partial charge on any atom is 0.207 e. The third-order valence-electron chi connectivity index (χ3n) is 6.87. The monoisotopic (exact) mass is 526 g/mol. The fraction of sp³-hybridized carbons (Fsp3) is 0.464. The van der Waals surface area contributed by atoms with E-state index in [2.05, 4.69) is 25.6 Å². The first-order chi connectivity index (χ1) is 18.4. The maximum atomic E-state index is 14.7. The number of nitrogens with zero attached hydrogens (tertiary/aromatic N) is 4. The predicted molar refractivity (Wildman–Crippen MR) is 144 cm³/mol. The highest BCUT2D eigenvalue weighted by atomic mass is 19.1. The number of likely N-dealkylation sites (tertiary alicyclic amines) is 1. The van der Waals surface area contributed by atoms with Crippen molar-refractivity contribution in [2.24, 2.45) is 0 Å². The number of anilines is 1. The Hall–Kier alpha value is -3.37. The zero-order chi connectivity index (χ0) is 27.1. The summed E-state index contributed by atoms with van der Waals surface area (Å²) >= 11 is 0. The van der Waals surface area contributed by atoms with Crippen LogP contribution in [-0.4, -0.2) is 75.7 Å². The van der Waals surface area contributed by atoms with Crippen LogP contribution in [0, 0.1) is 19.7 Å². The number of carbonyl (C=O) groups is 1. The quantitative estimate of drug-likeness (QED) is 0.367. The Morgan fingerprint density at radius 3 is 2.61 bits per heavy atom. The number of alkyl halides is 1. The molecule has 8 nitrogen and oxygen atoms in total. The van der Waals surface area contributed by atoms with Gasteiger partial charge in [0, 0.05) is 62.0 Å². The molecule has 2 fully saturated rings. The molecule has 2 aromatic heterocycles. The molecule has 1 aliphatic carbocycles. The molecule has 0 radical (unpaired) electrons. The SMILES string of the molecule is Cc1cc(-n2cc(-c3cncc(NC4CCN(CCCO)CC4F)c3)cn2)c(C)cc1F.O=CNC1CC1. The Morgan fingerprint density at radius 2 is 1.92 bits per heavy atom. The number of aliphatic hydroxyl groups is 1. The molecule has 0 bridgehead atoms. The normalized spacial score (nSPS) is 19.4. The molecule has 5 rings (SSSR count). The highest BCUT2D eigenvalue weighted by Gasteiger charge is 2.29. The van der Waals surface area contributed by atoms with Crippen molar-refractivity contribution in [1.82, 2.24) is 25.0 Å². The Balaban J connectivity index is 0.000000494. The van der Waals surface area contributed by atoms with Gasteiger partial charge in [-0.3, -0.25) is 9.78 Å². The minimum absolute atomic E-state index is 0.129. The highest BCUT2D eigenvalue weighted by molar-refractivity contribution is 5.66. The number of hydrogen-bond acceptors (Lipinski definition) is 6. The van der Waals surface area contributed by atoms with Crippen LogP contribution >= 0.6 is 0 Å². The number of halogens is 2. The van der Waals surface area contributed by atoms with Gasteiger partial charge in [-0.05, 0) is 68.9 Å². The summed E-state index contributed by atoms with van der Waals surface area (Å²) in [6, 6.07) is 5.50. The molecular formula is C28H36F2N6O2. The van der Waals surface area contributed by atoms with Crippen LogP contribution in [0.15, 0.2) is 43.0 Å². The molecule has 1 saturated carbocycles. The second-order valence-corrected chi connectivity index (χ2v) is 10.0. The maximum absolute atomic E-state index is 14.7. The topological polar surface area (TPSA) is 95.3 Å². The van der Waals surface area contributed by atoms with Crippen LogP contribution in [0.5, 0.6) is 0 Å². The fourth-order valence-electron chi connectivity index (χ4n) is 4.48. The Labute approximate surface area is 222 Å². The number of carbonyl (C=O) groups excluding carboxylic acids is 1. The second kappa shape index (κ2) is 12.9. The number of pyridine rings is 1. The standard InChI is InChI=1S/C24H29F2N5O.C4H7NO/c1-16-9-24(17(2)8-21(16)25)31-14-19(12-28-31)18-10-20(13-27-11-18)29-23-4-6-30(5-3-7-32)15-22(23)26;6-3-5-4-1-2-4/h8-14,22-23,29,32H,3-7,15H2,1-2H3;3-4H,1-2H2,(H,5,6). The molecule has 0 spiro atoms. The van der Waals surface area contributed by atoms with E-state index in [0.29, 0.717) is 31.0 Å². The number of hydrogen-bond donors (Lipinski definition) is 3. The summed E-state index contributed by atoms with van der Waals surface area (Å²) in [5, 5.41) is 19.4. The van der Waals surface area contributed by atoms with Gasteiger partial charge in [-0.1, -0.05) is 0 Å². The van der Waals surface area contributed by atoms with E-state index in [1.165, 1.54) is 18.9 Å². The van der Waals surface area contributed by atoms with Gasteiger partial charge in [0.05, 0.1) is 23.6 Å². The van der Waals surface area contributed by atoms with E-state index < -0.39 is 6.17 Å².